The van der Waals surface area contributed by atoms with E-state index in [1.54, 1.807) is 18.2 Å². The number of Topliss-reactive ketones (excluding diaryl/α,β-unsaturated/α-hetero) is 1. The van der Waals surface area contributed by atoms with E-state index in [2.05, 4.69) is 6.08 Å². The number of hydrogen-bond acceptors (Lipinski definition) is 2. The van der Waals surface area contributed by atoms with E-state index in [4.69, 9.17) is 12.2 Å². The summed E-state index contributed by atoms with van der Waals surface area (Å²) in [6, 6.07) is 0. The monoisotopic (exact) mass is 151 g/mol. The van der Waals surface area contributed by atoms with Crippen LogP contribution in [0.3, 0.4) is 0 Å². The third-order valence-electron chi connectivity index (χ3n) is 1.35. The summed E-state index contributed by atoms with van der Waals surface area (Å²) in [5.41, 5.74) is 0. The third-order valence-corrected chi connectivity index (χ3v) is 1.72. The molecule has 0 aromatic carbocycles. The van der Waals surface area contributed by atoms with Gasteiger partial charge in [0.25, 0.3) is 0 Å². The van der Waals surface area contributed by atoms with E-state index >= 15 is 0 Å². The Bertz CT molecular complexity index is 225. The summed E-state index contributed by atoms with van der Waals surface area (Å²) in [6.45, 7) is 1.54. The molecule has 1 radical (unpaired) electrons. The van der Waals surface area contributed by atoms with E-state index < -0.39 is 0 Å². The van der Waals surface area contributed by atoms with Crippen LogP contribution in [0.15, 0.2) is 18.2 Å². The molecule has 0 fully saturated rings. The van der Waals surface area contributed by atoms with Crippen molar-refractivity contribution in [3.63, 3.8) is 0 Å². The van der Waals surface area contributed by atoms with Crippen molar-refractivity contribution in [3.05, 3.63) is 24.3 Å². The van der Waals surface area contributed by atoms with Gasteiger partial charge in [-0.1, -0.05) is 30.4 Å². The molecule has 51 valence electrons. The molecule has 0 saturated carbocycles. The predicted octanol–water partition coefficient (Wildman–Crippen LogP) is 1.49. The van der Waals surface area contributed by atoms with E-state index in [9.17, 15) is 4.79 Å². The topological polar surface area (TPSA) is 17.1 Å². The summed E-state index contributed by atoms with van der Waals surface area (Å²) in [4.78, 5) is 11.4. The molecule has 0 aliphatic heterocycles. The molecule has 0 aromatic heterocycles. The van der Waals surface area contributed by atoms with Crippen molar-refractivity contribution >= 4 is 22.9 Å². The molecule has 0 N–H and O–H groups in total. The van der Waals surface area contributed by atoms with Crippen LogP contribution in [0.25, 0.3) is 0 Å². The Kier molecular flexibility index (Phi) is 2.12. The predicted molar refractivity (Wildman–Crippen MR) is 43.7 cm³/mol. The molecule has 10 heavy (non-hydrogen) atoms. The quantitative estimate of drug-likeness (QED) is 0.528. The third kappa shape index (κ3) is 1.39. The number of allylic oxidation sites excluding steroid dienone is 4. The Morgan fingerprint density at radius 3 is 2.90 bits per heavy atom. The lowest BCUT2D eigenvalue weighted by Gasteiger charge is -2.08. The highest BCUT2D eigenvalue weighted by Gasteiger charge is 2.15. The molecular formula is C8H7OS. The molecule has 1 atom stereocenters. The molecule has 0 spiro atoms. The van der Waals surface area contributed by atoms with Crippen LogP contribution in [-0.2, 0) is 4.79 Å². The zero-order chi connectivity index (χ0) is 7.56. The first-order chi connectivity index (χ1) is 4.72. The number of carbonyl (C=O) groups excluding carboxylic acids is 1. The molecule has 1 unspecified atom stereocenters. The molecule has 0 heterocycles. The fourth-order valence-corrected chi connectivity index (χ4v) is 1.11. The number of ketones is 1. The van der Waals surface area contributed by atoms with Gasteiger partial charge in [-0.25, -0.2) is 0 Å². The molecule has 0 amide bonds. The highest BCUT2D eigenvalue weighted by molar-refractivity contribution is 7.80. The first kappa shape index (κ1) is 7.35. The van der Waals surface area contributed by atoms with Crippen LogP contribution in [0.1, 0.15) is 6.92 Å². The van der Waals surface area contributed by atoms with Crippen LogP contribution in [0.5, 0.6) is 0 Å². The van der Waals surface area contributed by atoms with Gasteiger partial charge < -0.3 is 0 Å². The molecule has 1 rings (SSSR count). The van der Waals surface area contributed by atoms with Gasteiger partial charge in [-0.3, -0.25) is 4.79 Å². The lowest BCUT2D eigenvalue weighted by atomic mass is 9.97. The highest BCUT2D eigenvalue weighted by Crippen LogP contribution is 2.09. The largest absolute Gasteiger partial charge is 0.299 e. The second-order valence-corrected chi connectivity index (χ2v) is 2.59. The summed E-state index contributed by atoms with van der Waals surface area (Å²) in [5.74, 6) is -0.123. The Hall–Kier alpha value is -0.760. The number of hydrogen-bond donors (Lipinski definition) is 0. The van der Waals surface area contributed by atoms with Crippen molar-refractivity contribution in [1.29, 1.82) is 0 Å². The standard InChI is InChI=1S/C8H7OS/c1-6(9)7-4-2-3-5-8(7)10/h2-4,7H,1H3. The van der Waals surface area contributed by atoms with Gasteiger partial charge in [-0.2, -0.15) is 0 Å². The molecule has 1 aliphatic carbocycles. The summed E-state index contributed by atoms with van der Waals surface area (Å²) in [6.07, 6.45) is 8.12. The maximum Gasteiger partial charge on any atom is 0.141 e. The van der Waals surface area contributed by atoms with Crippen molar-refractivity contribution in [3.8, 4) is 0 Å². The van der Waals surface area contributed by atoms with Crippen molar-refractivity contribution in [2.75, 3.05) is 0 Å². The molecular weight excluding hydrogens is 144 g/mol. The van der Waals surface area contributed by atoms with Crippen molar-refractivity contribution < 1.29 is 4.79 Å². The van der Waals surface area contributed by atoms with Crippen molar-refractivity contribution in [2.45, 2.75) is 6.92 Å². The number of rotatable bonds is 1. The maximum atomic E-state index is 10.8. The van der Waals surface area contributed by atoms with E-state index in [0.717, 1.165) is 0 Å². The Labute approximate surface area is 65.4 Å². The minimum Gasteiger partial charge on any atom is -0.299 e. The van der Waals surface area contributed by atoms with Gasteiger partial charge in [-0.15, -0.1) is 0 Å². The van der Waals surface area contributed by atoms with Gasteiger partial charge in [0, 0.05) is 4.86 Å². The maximum absolute atomic E-state index is 10.8. The zero-order valence-electron chi connectivity index (χ0n) is 5.63. The van der Waals surface area contributed by atoms with Gasteiger partial charge in [0.05, 0.1) is 5.92 Å². The van der Waals surface area contributed by atoms with Gasteiger partial charge >= 0.3 is 0 Å². The van der Waals surface area contributed by atoms with Crippen molar-refractivity contribution in [2.24, 2.45) is 5.92 Å². The molecule has 0 bridgehead atoms. The summed E-state index contributed by atoms with van der Waals surface area (Å²) >= 11 is 4.89. The first-order valence-corrected chi connectivity index (χ1v) is 3.43. The van der Waals surface area contributed by atoms with E-state index in [1.165, 1.54) is 6.92 Å². The second-order valence-electron chi connectivity index (χ2n) is 2.15. The van der Waals surface area contributed by atoms with Crippen LogP contribution < -0.4 is 0 Å². The molecule has 0 aromatic rings. The Balaban J connectivity index is 2.80. The number of thiocarbonyl (C=S) groups is 1. The second kappa shape index (κ2) is 2.88. The van der Waals surface area contributed by atoms with Gasteiger partial charge in [-0.05, 0) is 13.0 Å². The average Bonchev–Trinajstić information content (AvgIpc) is 1.88. The summed E-state index contributed by atoms with van der Waals surface area (Å²) in [7, 11) is 0. The minimum atomic E-state index is -0.208. The lowest BCUT2D eigenvalue weighted by Crippen LogP contribution is -2.17. The van der Waals surface area contributed by atoms with Crippen molar-refractivity contribution in [1.82, 2.24) is 0 Å². The van der Waals surface area contributed by atoms with Crippen LogP contribution >= 0.6 is 12.2 Å². The average molecular weight is 151 g/mol. The summed E-state index contributed by atoms with van der Waals surface area (Å²) in [5, 5.41) is 0. The zero-order valence-corrected chi connectivity index (χ0v) is 6.44. The normalized spacial score (nSPS) is 23.3. The van der Waals surface area contributed by atoms with Crippen LogP contribution in [0, 0.1) is 12.0 Å². The van der Waals surface area contributed by atoms with E-state index in [1.807, 2.05) is 0 Å². The van der Waals surface area contributed by atoms with Crippen LogP contribution in [0.2, 0.25) is 0 Å². The minimum absolute atomic E-state index is 0.0850. The van der Waals surface area contributed by atoms with Gasteiger partial charge in [0.1, 0.15) is 5.78 Å². The molecule has 1 nitrogen and oxygen atoms in total. The van der Waals surface area contributed by atoms with Gasteiger partial charge in [0.15, 0.2) is 0 Å². The Morgan fingerprint density at radius 1 is 1.80 bits per heavy atom. The first-order valence-electron chi connectivity index (χ1n) is 3.02. The smallest absolute Gasteiger partial charge is 0.141 e. The van der Waals surface area contributed by atoms with Crippen LogP contribution in [-0.4, -0.2) is 10.6 Å². The molecule has 1 aliphatic rings. The highest BCUT2D eigenvalue weighted by atomic mass is 32.1. The molecule has 0 saturated heterocycles. The van der Waals surface area contributed by atoms with E-state index in [-0.39, 0.29) is 11.7 Å². The van der Waals surface area contributed by atoms with Gasteiger partial charge in [0.2, 0.25) is 0 Å². The van der Waals surface area contributed by atoms with Crippen LogP contribution in [0.4, 0.5) is 0 Å². The van der Waals surface area contributed by atoms with E-state index in [0.29, 0.717) is 4.86 Å². The fourth-order valence-electron chi connectivity index (χ4n) is 0.794. The fraction of sp³-hybridized carbons (Fsp3) is 0.250. The SMILES string of the molecule is CC(=O)C1C=CC=[C]C1=S. The number of carbonyl (C=O) groups is 1. The Morgan fingerprint density at radius 2 is 2.50 bits per heavy atom. The summed E-state index contributed by atoms with van der Waals surface area (Å²) < 4.78 is 0. The lowest BCUT2D eigenvalue weighted by molar-refractivity contribution is -0.117. The molecule has 2 heteroatoms.